The first kappa shape index (κ1) is 14.1. The Hall–Kier alpha value is -1.33. The zero-order chi connectivity index (χ0) is 13.9. The predicted molar refractivity (Wildman–Crippen MR) is 66.8 cm³/mol. The molecular formula is C13H18F3N3. The third-order valence-electron chi connectivity index (χ3n) is 3.65. The molecule has 1 fully saturated rings. The van der Waals surface area contributed by atoms with Crippen molar-refractivity contribution < 1.29 is 13.2 Å². The summed E-state index contributed by atoms with van der Waals surface area (Å²) in [5.74, 6) is -0.278. The van der Waals surface area contributed by atoms with Crippen molar-refractivity contribution in [1.82, 2.24) is 9.97 Å². The van der Waals surface area contributed by atoms with E-state index in [2.05, 4.69) is 15.3 Å². The minimum atomic E-state index is -4.03. The van der Waals surface area contributed by atoms with Crippen molar-refractivity contribution in [2.45, 2.75) is 38.8 Å². The molecule has 0 unspecified atom stereocenters. The minimum Gasteiger partial charge on any atom is -0.354 e. The Balaban J connectivity index is 1.77. The summed E-state index contributed by atoms with van der Waals surface area (Å²) in [7, 11) is 0. The maximum atomic E-state index is 12.5. The molecule has 0 aliphatic heterocycles. The summed E-state index contributed by atoms with van der Waals surface area (Å²) >= 11 is 0. The minimum absolute atomic E-state index is 0.241. The normalized spacial score (nSPS) is 24.2. The first-order valence-corrected chi connectivity index (χ1v) is 6.55. The smallest absolute Gasteiger partial charge is 0.354 e. The van der Waals surface area contributed by atoms with Gasteiger partial charge in [-0.25, -0.2) is 9.97 Å². The number of hydrogen-bond donors (Lipinski definition) is 1. The van der Waals surface area contributed by atoms with E-state index in [1.54, 1.807) is 12.3 Å². The van der Waals surface area contributed by atoms with Crippen molar-refractivity contribution in [2.75, 3.05) is 11.9 Å². The average molecular weight is 273 g/mol. The molecule has 19 heavy (non-hydrogen) atoms. The second-order valence-corrected chi connectivity index (χ2v) is 5.16. The Labute approximate surface area is 110 Å². The van der Waals surface area contributed by atoms with E-state index in [1.807, 2.05) is 6.92 Å². The highest BCUT2D eigenvalue weighted by Gasteiger charge is 2.41. The number of halogens is 3. The van der Waals surface area contributed by atoms with Crippen LogP contribution in [-0.2, 0) is 0 Å². The van der Waals surface area contributed by atoms with Crippen molar-refractivity contribution >= 4 is 5.95 Å². The maximum Gasteiger partial charge on any atom is 0.391 e. The van der Waals surface area contributed by atoms with E-state index in [9.17, 15) is 13.2 Å². The Morgan fingerprint density at radius 2 is 1.95 bits per heavy atom. The third kappa shape index (κ3) is 4.08. The molecule has 6 heteroatoms. The first-order chi connectivity index (χ1) is 8.95. The van der Waals surface area contributed by atoms with Gasteiger partial charge in [-0.2, -0.15) is 13.2 Å². The van der Waals surface area contributed by atoms with Gasteiger partial charge in [0.05, 0.1) is 5.92 Å². The first-order valence-electron chi connectivity index (χ1n) is 6.55. The van der Waals surface area contributed by atoms with E-state index in [-0.39, 0.29) is 18.8 Å². The van der Waals surface area contributed by atoms with Crippen LogP contribution in [0.2, 0.25) is 0 Å². The highest BCUT2D eigenvalue weighted by molar-refractivity contribution is 5.24. The lowest BCUT2D eigenvalue weighted by Crippen LogP contribution is -2.30. The average Bonchev–Trinajstić information content (AvgIpc) is 2.36. The number of rotatable bonds is 3. The number of nitrogens with zero attached hydrogens (tertiary/aromatic N) is 2. The van der Waals surface area contributed by atoms with Gasteiger partial charge in [-0.05, 0) is 44.6 Å². The fourth-order valence-electron chi connectivity index (χ4n) is 2.46. The van der Waals surface area contributed by atoms with E-state index in [4.69, 9.17) is 0 Å². The molecule has 0 bridgehead atoms. The standard InChI is InChI=1S/C13H18F3N3/c1-9-6-7-17-12(19-9)18-8-10-2-4-11(5-3-10)13(14,15)16/h6-7,10-11H,2-5,8H2,1H3,(H,17,18,19). The van der Waals surface area contributed by atoms with Crippen LogP contribution in [0.1, 0.15) is 31.4 Å². The van der Waals surface area contributed by atoms with Gasteiger partial charge < -0.3 is 5.32 Å². The van der Waals surface area contributed by atoms with Crippen LogP contribution in [0, 0.1) is 18.8 Å². The van der Waals surface area contributed by atoms with Crippen LogP contribution >= 0.6 is 0 Å². The molecule has 1 heterocycles. The predicted octanol–water partition coefficient (Wildman–Crippen LogP) is 3.57. The van der Waals surface area contributed by atoms with Gasteiger partial charge >= 0.3 is 6.18 Å². The van der Waals surface area contributed by atoms with Crippen LogP contribution in [0.3, 0.4) is 0 Å². The van der Waals surface area contributed by atoms with Crippen molar-refractivity contribution in [1.29, 1.82) is 0 Å². The molecule has 1 aliphatic carbocycles. The number of alkyl halides is 3. The van der Waals surface area contributed by atoms with Crippen LogP contribution in [-0.4, -0.2) is 22.7 Å². The summed E-state index contributed by atoms with van der Waals surface area (Å²) in [4.78, 5) is 8.29. The largest absolute Gasteiger partial charge is 0.391 e. The van der Waals surface area contributed by atoms with Gasteiger partial charge in [0.1, 0.15) is 0 Å². The zero-order valence-electron chi connectivity index (χ0n) is 10.9. The Morgan fingerprint density at radius 1 is 1.26 bits per heavy atom. The molecule has 0 spiro atoms. The Morgan fingerprint density at radius 3 is 2.53 bits per heavy atom. The lowest BCUT2D eigenvalue weighted by molar-refractivity contribution is -0.183. The van der Waals surface area contributed by atoms with E-state index in [1.165, 1.54) is 0 Å². The molecule has 1 aromatic rings. The van der Waals surface area contributed by atoms with Crippen molar-refractivity contribution in [3.63, 3.8) is 0 Å². The monoisotopic (exact) mass is 273 g/mol. The summed E-state index contributed by atoms with van der Waals surface area (Å²) in [6.07, 6.45) is -0.649. The molecule has 1 N–H and O–H groups in total. The summed E-state index contributed by atoms with van der Waals surface area (Å²) in [5.41, 5.74) is 0.873. The molecule has 106 valence electrons. The molecule has 1 aromatic heterocycles. The molecule has 2 rings (SSSR count). The fraction of sp³-hybridized carbons (Fsp3) is 0.692. The van der Waals surface area contributed by atoms with E-state index < -0.39 is 12.1 Å². The van der Waals surface area contributed by atoms with E-state index >= 15 is 0 Å². The molecular weight excluding hydrogens is 255 g/mol. The zero-order valence-corrected chi connectivity index (χ0v) is 10.9. The third-order valence-corrected chi connectivity index (χ3v) is 3.65. The lowest BCUT2D eigenvalue weighted by Gasteiger charge is -2.29. The fourth-order valence-corrected chi connectivity index (χ4v) is 2.46. The van der Waals surface area contributed by atoms with Crippen LogP contribution in [0.4, 0.5) is 19.1 Å². The summed E-state index contributed by atoms with van der Waals surface area (Å²) in [5, 5.41) is 3.11. The van der Waals surface area contributed by atoms with Crippen molar-refractivity contribution in [2.24, 2.45) is 11.8 Å². The summed E-state index contributed by atoms with van der Waals surface area (Å²) in [6, 6.07) is 1.81. The molecule has 0 radical (unpaired) electrons. The number of hydrogen-bond acceptors (Lipinski definition) is 3. The van der Waals surface area contributed by atoms with Gasteiger partial charge in [-0.1, -0.05) is 0 Å². The van der Waals surface area contributed by atoms with Crippen LogP contribution in [0.15, 0.2) is 12.3 Å². The highest BCUT2D eigenvalue weighted by Crippen LogP contribution is 2.39. The quantitative estimate of drug-likeness (QED) is 0.915. The Bertz CT molecular complexity index is 412. The van der Waals surface area contributed by atoms with Crippen LogP contribution in [0.25, 0.3) is 0 Å². The van der Waals surface area contributed by atoms with Gasteiger partial charge in [0, 0.05) is 18.4 Å². The van der Waals surface area contributed by atoms with Gasteiger partial charge in [-0.3, -0.25) is 0 Å². The van der Waals surface area contributed by atoms with Crippen LogP contribution in [0.5, 0.6) is 0 Å². The second-order valence-electron chi connectivity index (χ2n) is 5.16. The number of anilines is 1. The van der Waals surface area contributed by atoms with E-state index in [0.717, 1.165) is 5.69 Å². The second kappa shape index (κ2) is 5.75. The molecule has 1 saturated carbocycles. The topological polar surface area (TPSA) is 37.8 Å². The van der Waals surface area contributed by atoms with Crippen LogP contribution < -0.4 is 5.32 Å². The maximum absolute atomic E-state index is 12.5. The number of nitrogens with one attached hydrogen (secondary N) is 1. The van der Waals surface area contributed by atoms with Gasteiger partial charge in [0.25, 0.3) is 0 Å². The van der Waals surface area contributed by atoms with Gasteiger partial charge in [0.15, 0.2) is 0 Å². The number of aromatic nitrogens is 2. The molecule has 0 saturated heterocycles. The molecule has 0 atom stereocenters. The molecule has 1 aliphatic rings. The summed E-state index contributed by atoms with van der Waals surface area (Å²) < 4.78 is 37.6. The Kier molecular flexibility index (Phi) is 4.27. The number of aryl methyl sites for hydroxylation is 1. The van der Waals surface area contributed by atoms with Crippen molar-refractivity contribution in [3.05, 3.63) is 18.0 Å². The van der Waals surface area contributed by atoms with E-state index in [0.29, 0.717) is 25.3 Å². The SMILES string of the molecule is Cc1ccnc(NCC2CCC(C(F)(F)F)CC2)n1. The molecule has 0 aromatic carbocycles. The van der Waals surface area contributed by atoms with Crippen molar-refractivity contribution in [3.8, 4) is 0 Å². The summed E-state index contributed by atoms with van der Waals surface area (Å²) in [6.45, 7) is 2.52. The lowest BCUT2D eigenvalue weighted by atomic mass is 9.81. The highest BCUT2D eigenvalue weighted by atomic mass is 19.4. The van der Waals surface area contributed by atoms with Gasteiger partial charge in [0.2, 0.25) is 5.95 Å². The molecule has 3 nitrogen and oxygen atoms in total. The molecule has 0 amide bonds. The van der Waals surface area contributed by atoms with Gasteiger partial charge in [-0.15, -0.1) is 0 Å².